The van der Waals surface area contributed by atoms with Crippen molar-refractivity contribution in [1.29, 1.82) is 0 Å². The van der Waals surface area contributed by atoms with Crippen LogP contribution in [0.5, 0.6) is 0 Å². The Kier molecular flexibility index (Phi) is 4.08. The lowest BCUT2D eigenvalue weighted by molar-refractivity contribution is -0.115. The summed E-state index contributed by atoms with van der Waals surface area (Å²) < 4.78 is 2.20. The van der Waals surface area contributed by atoms with Crippen molar-refractivity contribution in [1.82, 2.24) is 9.88 Å². The molecule has 0 radical (unpaired) electrons. The Bertz CT molecular complexity index is 648. The van der Waals surface area contributed by atoms with Gasteiger partial charge in [0, 0.05) is 30.2 Å². The molecule has 0 spiro atoms. The molecular weight excluding hydrogens is 248 g/mol. The van der Waals surface area contributed by atoms with E-state index in [0.29, 0.717) is 0 Å². The van der Waals surface area contributed by atoms with Crippen LogP contribution in [0, 0.1) is 20.8 Å². The number of amides is 1. The van der Waals surface area contributed by atoms with Crippen LogP contribution in [0.1, 0.15) is 22.5 Å². The number of hydrogen-bond donors (Lipinski definition) is 1. The largest absolute Gasteiger partial charge is 0.356 e. The lowest BCUT2D eigenvalue weighted by Gasteiger charge is -2.09. The maximum atomic E-state index is 11.3. The Labute approximate surface area is 119 Å². The third kappa shape index (κ3) is 2.82. The van der Waals surface area contributed by atoms with Gasteiger partial charge in [0.25, 0.3) is 0 Å². The second kappa shape index (κ2) is 5.78. The quantitative estimate of drug-likeness (QED) is 0.852. The van der Waals surface area contributed by atoms with E-state index >= 15 is 0 Å². The number of rotatable bonds is 3. The zero-order valence-corrected chi connectivity index (χ0v) is 12.4. The number of benzene rings is 1. The normalized spacial score (nSPS) is 11.0. The van der Waals surface area contributed by atoms with Crippen molar-refractivity contribution in [2.45, 2.75) is 20.8 Å². The number of nitrogens with one attached hydrogen (secondary N) is 1. The van der Waals surface area contributed by atoms with E-state index in [4.69, 9.17) is 0 Å². The topological polar surface area (TPSA) is 34.0 Å². The van der Waals surface area contributed by atoms with Crippen LogP contribution in [0.4, 0.5) is 0 Å². The van der Waals surface area contributed by atoms with Gasteiger partial charge >= 0.3 is 0 Å². The predicted molar refractivity (Wildman–Crippen MR) is 83.1 cm³/mol. The lowest BCUT2D eigenvalue weighted by atomic mass is 10.2. The van der Waals surface area contributed by atoms with E-state index in [0.717, 1.165) is 22.6 Å². The molecule has 0 bridgehead atoms. The van der Waals surface area contributed by atoms with Crippen molar-refractivity contribution in [3.8, 4) is 5.69 Å². The average molecular weight is 268 g/mol. The molecule has 1 amide bonds. The highest BCUT2D eigenvalue weighted by atomic mass is 16.1. The highest BCUT2D eigenvalue weighted by Gasteiger charge is 2.08. The lowest BCUT2D eigenvalue weighted by Crippen LogP contribution is -2.13. The minimum absolute atomic E-state index is 0.0925. The Balaban J connectivity index is 2.41. The molecule has 1 aromatic heterocycles. The molecule has 1 aromatic carbocycles. The number of aryl methyl sites for hydroxylation is 2. The smallest absolute Gasteiger partial charge is 0.243 e. The summed E-state index contributed by atoms with van der Waals surface area (Å²) in [5.41, 5.74) is 5.74. The van der Waals surface area contributed by atoms with Gasteiger partial charge in [-0.3, -0.25) is 4.79 Å². The molecule has 0 saturated heterocycles. The van der Waals surface area contributed by atoms with Gasteiger partial charge in [-0.2, -0.15) is 0 Å². The van der Waals surface area contributed by atoms with Gasteiger partial charge in [0.05, 0.1) is 0 Å². The summed E-state index contributed by atoms with van der Waals surface area (Å²) in [5.74, 6) is -0.0925. The molecule has 0 unspecified atom stereocenters. The third-order valence-electron chi connectivity index (χ3n) is 3.42. The zero-order valence-electron chi connectivity index (χ0n) is 12.4. The molecule has 2 rings (SSSR count). The van der Waals surface area contributed by atoms with Crippen LogP contribution in [0.3, 0.4) is 0 Å². The molecule has 0 aliphatic carbocycles. The number of carbonyl (C=O) groups excluding carboxylic acids is 1. The molecule has 20 heavy (non-hydrogen) atoms. The van der Waals surface area contributed by atoms with E-state index in [1.807, 2.05) is 6.08 Å². The first-order chi connectivity index (χ1) is 9.52. The molecule has 2 aromatic rings. The van der Waals surface area contributed by atoms with E-state index in [2.05, 4.69) is 61.0 Å². The van der Waals surface area contributed by atoms with Crippen LogP contribution in [0.15, 0.2) is 36.4 Å². The van der Waals surface area contributed by atoms with Crippen molar-refractivity contribution in [2.75, 3.05) is 7.05 Å². The fourth-order valence-corrected chi connectivity index (χ4v) is 2.30. The summed E-state index contributed by atoms with van der Waals surface area (Å²) >= 11 is 0. The molecule has 3 heteroatoms. The first kappa shape index (κ1) is 14.1. The molecule has 0 aliphatic heterocycles. The van der Waals surface area contributed by atoms with Gasteiger partial charge < -0.3 is 9.88 Å². The van der Waals surface area contributed by atoms with Gasteiger partial charge in [0.15, 0.2) is 0 Å². The van der Waals surface area contributed by atoms with Gasteiger partial charge in [-0.25, -0.2) is 0 Å². The van der Waals surface area contributed by atoms with E-state index < -0.39 is 0 Å². The molecule has 3 nitrogen and oxygen atoms in total. The molecule has 0 saturated carbocycles. The Hall–Kier alpha value is -2.29. The Morgan fingerprint density at radius 2 is 1.80 bits per heavy atom. The molecular formula is C17H20N2O. The first-order valence-corrected chi connectivity index (χ1v) is 6.68. The van der Waals surface area contributed by atoms with Crippen LogP contribution in [-0.4, -0.2) is 17.5 Å². The van der Waals surface area contributed by atoms with E-state index in [1.54, 1.807) is 13.1 Å². The van der Waals surface area contributed by atoms with Crippen molar-refractivity contribution < 1.29 is 4.79 Å². The molecule has 0 atom stereocenters. The summed E-state index contributed by atoms with van der Waals surface area (Å²) in [5, 5.41) is 2.58. The molecule has 0 fully saturated rings. The van der Waals surface area contributed by atoms with E-state index in [9.17, 15) is 4.79 Å². The van der Waals surface area contributed by atoms with Gasteiger partial charge in [0.2, 0.25) is 5.91 Å². The number of likely N-dealkylation sites (N-methyl/N-ethyl adjacent to an activating group) is 1. The van der Waals surface area contributed by atoms with Crippen LogP contribution in [-0.2, 0) is 4.79 Å². The van der Waals surface area contributed by atoms with Gasteiger partial charge in [-0.1, -0.05) is 17.7 Å². The van der Waals surface area contributed by atoms with Gasteiger partial charge in [-0.05, 0) is 50.6 Å². The van der Waals surface area contributed by atoms with Crippen LogP contribution >= 0.6 is 0 Å². The molecule has 1 N–H and O–H groups in total. The second-order valence-corrected chi connectivity index (χ2v) is 4.95. The minimum Gasteiger partial charge on any atom is -0.356 e. The summed E-state index contributed by atoms with van der Waals surface area (Å²) in [6.07, 6.45) is 3.41. The summed E-state index contributed by atoms with van der Waals surface area (Å²) in [6.45, 7) is 6.22. The second-order valence-electron chi connectivity index (χ2n) is 4.95. The number of carbonyl (C=O) groups is 1. The number of aromatic nitrogens is 1. The number of hydrogen-bond acceptors (Lipinski definition) is 1. The van der Waals surface area contributed by atoms with Crippen molar-refractivity contribution in [3.05, 3.63) is 58.9 Å². The third-order valence-corrected chi connectivity index (χ3v) is 3.42. The molecule has 104 valence electrons. The van der Waals surface area contributed by atoms with E-state index in [-0.39, 0.29) is 5.91 Å². The molecule has 0 aliphatic rings. The van der Waals surface area contributed by atoms with Crippen molar-refractivity contribution in [2.24, 2.45) is 0 Å². The van der Waals surface area contributed by atoms with Crippen LogP contribution in [0.25, 0.3) is 11.8 Å². The zero-order chi connectivity index (χ0) is 14.7. The van der Waals surface area contributed by atoms with Gasteiger partial charge in [0.1, 0.15) is 0 Å². The Morgan fingerprint density at radius 3 is 2.40 bits per heavy atom. The molecule has 1 heterocycles. The van der Waals surface area contributed by atoms with Crippen LogP contribution in [0.2, 0.25) is 0 Å². The Morgan fingerprint density at radius 1 is 1.15 bits per heavy atom. The predicted octanol–water partition coefficient (Wildman–Crippen LogP) is 3.16. The number of nitrogens with zero attached hydrogens (tertiary/aromatic N) is 1. The average Bonchev–Trinajstić information content (AvgIpc) is 2.72. The minimum atomic E-state index is -0.0925. The fourth-order valence-electron chi connectivity index (χ4n) is 2.30. The van der Waals surface area contributed by atoms with Crippen LogP contribution < -0.4 is 5.32 Å². The fraction of sp³-hybridized carbons (Fsp3) is 0.235. The van der Waals surface area contributed by atoms with Crippen molar-refractivity contribution in [3.63, 3.8) is 0 Å². The van der Waals surface area contributed by atoms with Crippen molar-refractivity contribution >= 4 is 12.0 Å². The monoisotopic (exact) mass is 268 g/mol. The maximum absolute atomic E-state index is 11.3. The standard InChI is InChI=1S/C17H20N2O/c1-12-5-8-16(9-6-12)19-13(2)11-15(14(19)3)7-10-17(20)18-4/h5-11H,1-4H3,(H,18,20)/b10-7+. The summed E-state index contributed by atoms with van der Waals surface area (Å²) in [6, 6.07) is 10.5. The van der Waals surface area contributed by atoms with Gasteiger partial charge in [-0.15, -0.1) is 0 Å². The summed E-state index contributed by atoms with van der Waals surface area (Å²) in [4.78, 5) is 11.3. The highest BCUT2D eigenvalue weighted by molar-refractivity contribution is 5.91. The van der Waals surface area contributed by atoms with E-state index in [1.165, 1.54) is 5.56 Å². The highest BCUT2D eigenvalue weighted by Crippen LogP contribution is 2.22. The first-order valence-electron chi connectivity index (χ1n) is 6.68. The SMILES string of the molecule is CNC(=O)/C=C/c1cc(C)n(-c2ccc(C)cc2)c1C. The summed E-state index contributed by atoms with van der Waals surface area (Å²) in [7, 11) is 1.63. The maximum Gasteiger partial charge on any atom is 0.243 e.